The molecular formula is C15H31N3. The van der Waals surface area contributed by atoms with E-state index < -0.39 is 0 Å². The zero-order chi connectivity index (χ0) is 12.8. The molecule has 2 saturated heterocycles. The van der Waals surface area contributed by atoms with Gasteiger partial charge in [-0.15, -0.1) is 0 Å². The average Bonchev–Trinajstić information content (AvgIpc) is 2.98. The maximum absolute atomic E-state index is 3.66. The molecule has 2 heterocycles. The van der Waals surface area contributed by atoms with E-state index in [2.05, 4.69) is 29.0 Å². The minimum Gasteiger partial charge on any atom is -0.316 e. The lowest BCUT2D eigenvalue weighted by Crippen LogP contribution is -2.31. The maximum Gasteiger partial charge on any atom is 0.00387 e. The van der Waals surface area contributed by atoms with Gasteiger partial charge >= 0.3 is 0 Å². The number of hydrogen-bond acceptors (Lipinski definition) is 3. The third-order valence-electron chi connectivity index (χ3n) is 4.51. The molecule has 0 aliphatic carbocycles. The van der Waals surface area contributed by atoms with Crippen LogP contribution in [0.5, 0.6) is 0 Å². The second-order valence-corrected chi connectivity index (χ2v) is 6.35. The lowest BCUT2D eigenvalue weighted by Gasteiger charge is -2.20. The van der Waals surface area contributed by atoms with Crippen LogP contribution in [-0.2, 0) is 0 Å². The summed E-state index contributed by atoms with van der Waals surface area (Å²) >= 11 is 0. The van der Waals surface area contributed by atoms with Crippen molar-refractivity contribution in [2.24, 2.45) is 5.92 Å². The van der Waals surface area contributed by atoms with Crippen molar-refractivity contribution >= 4 is 0 Å². The lowest BCUT2D eigenvalue weighted by molar-refractivity contribution is 0.263. The maximum atomic E-state index is 3.66. The highest BCUT2D eigenvalue weighted by atomic mass is 15.2. The predicted molar refractivity (Wildman–Crippen MR) is 78.0 cm³/mol. The van der Waals surface area contributed by atoms with Crippen molar-refractivity contribution in [1.29, 1.82) is 0 Å². The molecule has 0 aromatic carbocycles. The van der Waals surface area contributed by atoms with Crippen molar-refractivity contribution in [2.45, 2.75) is 45.6 Å². The summed E-state index contributed by atoms with van der Waals surface area (Å²) < 4.78 is 0. The smallest absolute Gasteiger partial charge is 0.00387 e. The Kier molecular flexibility index (Phi) is 5.93. The quantitative estimate of drug-likeness (QED) is 0.698. The van der Waals surface area contributed by atoms with Crippen molar-refractivity contribution in [3.8, 4) is 0 Å². The summed E-state index contributed by atoms with van der Waals surface area (Å²) in [6, 6.07) is 0.727. The molecule has 0 aromatic heterocycles. The number of nitrogens with one attached hydrogen (secondary N) is 1. The van der Waals surface area contributed by atoms with E-state index in [1.165, 1.54) is 71.5 Å². The summed E-state index contributed by atoms with van der Waals surface area (Å²) in [4.78, 5) is 5.22. The highest BCUT2D eigenvalue weighted by Crippen LogP contribution is 2.17. The predicted octanol–water partition coefficient (Wildman–Crippen LogP) is 1.79. The Bertz CT molecular complexity index is 224. The molecule has 0 radical (unpaired) electrons. The molecule has 0 amide bonds. The molecule has 18 heavy (non-hydrogen) atoms. The van der Waals surface area contributed by atoms with Gasteiger partial charge < -0.3 is 15.1 Å². The summed E-state index contributed by atoms with van der Waals surface area (Å²) in [7, 11) is 0. The third kappa shape index (κ3) is 4.52. The minimum absolute atomic E-state index is 0.727. The van der Waals surface area contributed by atoms with Crippen molar-refractivity contribution in [3.63, 3.8) is 0 Å². The van der Waals surface area contributed by atoms with Crippen LogP contribution in [0.25, 0.3) is 0 Å². The first-order valence-corrected chi connectivity index (χ1v) is 7.93. The summed E-state index contributed by atoms with van der Waals surface area (Å²) in [5.74, 6) is 0.888. The Labute approximate surface area is 113 Å². The van der Waals surface area contributed by atoms with Gasteiger partial charge in [-0.05, 0) is 84.7 Å². The molecule has 2 aliphatic heterocycles. The normalized spacial score (nSPS) is 26.5. The summed E-state index contributed by atoms with van der Waals surface area (Å²) in [6.07, 6.45) is 5.54. The van der Waals surface area contributed by atoms with E-state index in [0.717, 1.165) is 12.0 Å². The van der Waals surface area contributed by atoms with Crippen LogP contribution < -0.4 is 5.32 Å². The standard InChI is InChI=1S/C15H31N3/c1-14(2)18-11-6-15(13-18)12-16-7-5-10-17-8-3-4-9-17/h14-16H,3-13H2,1-2H3. The average molecular weight is 253 g/mol. The van der Waals surface area contributed by atoms with Gasteiger partial charge in [0, 0.05) is 12.6 Å². The summed E-state index contributed by atoms with van der Waals surface area (Å²) in [6.45, 7) is 13.6. The largest absolute Gasteiger partial charge is 0.316 e. The van der Waals surface area contributed by atoms with E-state index >= 15 is 0 Å². The molecule has 2 aliphatic rings. The van der Waals surface area contributed by atoms with Crippen LogP contribution in [0.3, 0.4) is 0 Å². The zero-order valence-corrected chi connectivity index (χ0v) is 12.3. The first-order valence-electron chi connectivity index (χ1n) is 7.93. The van der Waals surface area contributed by atoms with E-state index in [9.17, 15) is 0 Å². The highest BCUT2D eigenvalue weighted by molar-refractivity contribution is 4.79. The highest BCUT2D eigenvalue weighted by Gasteiger charge is 2.23. The van der Waals surface area contributed by atoms with E-state index in [0.29, 0.717) is 0 Å². The Morgan fingerprint density at radius 1 is 1.17 bits per heavy atom. The third-order valence-corrected chi connectivity index (χ3v) is 4.51. The minimum atomic E-state index is 0.727. The first kappa shape index (κ1) is 14.3. The fraction of sp³-hybridized carbons (Fsp3) is 1.00. The van der Waals surface area contributed by atoms with Gasteiger partial charge in [0.2, 0.25) is 0 Å². The molecule has 1 N–H and O–H groups in total. The van der Waals surface area contributed by atoms with Gasteiger partial charge in [-0.1, -0.05) is 0 Å². The van der Waals surface area contributed by atoms with Gasteiger partial charge in [0.15, 0.2) is 0 Å². The van der Waals surface area contributed by atoms with Gasteiger partial charge in [0.1, 0.15) is 0 Å². The molecular weight excluding hydrogens is 222 g/mol. The van der Waals surface area contributed by atoms with E-state index in [1.807, 2.05) is 0 Å². The van der Waals surface area contributed by atoms with Crippen LogP contribution in [0.15, 0.2) is 0 Å². The lowest BCUT2D eigenvalue weighted by atomic mass is 10.1. The van der Waals surface area contributed by atoms with E-state index in [1.54, 1.807) is 0 Å². The Morgan fingerprint density at radius 3 is 2.61 bits per heavy atom. The Morgan fingerprint density at radius 2 is 1.94 bits per heavy atom. The number of rotatable bonds is 7. The number of hydrogen-bond donors (Lipinski definition) is 1. The fourth-order valence-electron chi connectivity index (χ4n) is 3.24. The molecule has 0 spiro atoms. The zero-order valence-electron chi connectivity index (χ0n) is 12.3. The van der Waals surface area contributed by atoms with Gasteiger partial charge in [-0.25, -0.2) is 0 Å². The first-order chi connectivity index (χ1) is 8.75. The second kappa shape index (κ2) is 7.46. The number of nitrogens with zero attached hydrogens (tertiary/aromatic N) is 2. The van der Waals surface area contributed by atoms with E-state index in [4.69, 9.17) is 0 Å². The topological polar surface area (TPSA) is 18.5 Å². The Hall–Kier alpha value is -0.120. The molecule has 3 nitrogen and oxygen atoms in total. The van der Waals surface area contributed by atoms with Crippen molar-refractivity contribution in [1.82, 2.24) is 15.1 Å². The monoisotopic (exact) mass is 253 g/mol. The van der Waals surface area contributed by atoms with Crippen molar-refractivity contribution in [3.05, 3.63) is 0 Å². The van der Waals surface area contributed by atoms with Crippen LogP contribution in [-0.4, -0.2) is 61.7 Å². The SMILES string of the molecule is CC(C)N1CCC(CNCCCN2CCCC2)C1. The molecule has 1 atom stereocenters. The van der Waals surface area contributed by atoms with Gasteiger partial charge in [-0.3, -0.25) is 0 Å². The van der Waals surface area contributed by atoms with Crippen LogP contribution >= 0.6 is 0 Å². The molecule has 2 rings (SSSR count). The molecule has 3 heteroatoms. The van der Waals surface area contributed by atoms with E-state index in [-0.39, 0.29) is 0 Å². The van der Waals surface area contributed by atoms with Gasteiger partial charge in [-0.2, -0.15) is 0 Å². The second-order valence-electron chi connectivity index (χ2n) is 6.35. The summed E-state index contributed by atoms with van der Waals surface area (Å²) in [5, 5.41) is 3.66. The summed E-state index contributed by atoms with van der Waals surface area (Å²) in [5.41, 5.74) is 0. The van der Waals surface area contributed by atoms with Gasteiger partial charge in [0.05, 0.1) is 0 Å². The van der Waals surface area contributed by atoms with Gasteiger partial charge in [0.25, 0.3) is 0 Å². The molecule has 106 valence electrons. The van der Waals surface area contributed by atoms with Crippen molar-refractivity contribution < 1.29 is 0 Å². The van der Waals surface area contributed by atoms with Crippen LogP contribution in [0.2, 0.25) is 0 Å². The van der Waals surface area contributed by atoms with Crippen LogP contribution in [0.4, 0.5) is 0 Å². The molecule has 1 unspecified atom stereocenters. The molecule has 0 aromatic rings. The van der Waals surface area contributed by atoms with Crippen LogP contribution in [0, 0.1) is 5.92 Å². The van der Waals surface area contributed by atoms with Crippen LogP contribution in [0.1, 0.15) is 39.5 Å². The molecule has 0 bridgehead atoms. The molecule has 2 fully saturated rings. The van der Waals surface area contributed by atoms with Crippen molar-refractivity contribution in [2.75, 3.05) is 45.8 Å². The fourth-order valence-corrected chi connectivity index (χ4v) is 3.24. The number of likely N-dealkylation sites (tertiary alicyclic amines) is 2. The molecule has 0 saturated carbocycles. The Balaban J connectivity index is 1.46.